The molecule has 6 heteroatoms. The van der Waals surface area contributed by atoms with Crippen LogP contribution in [-0.4, -0.2) is 21.0 Å². The molecule has 0 spiro atoms. The van der Waals surface area contributed by atoms with E-state index in [1.165, 1.54) is 0 Å². The number of hydrogen-bond donors (Lipinski definition) is 3. The maximum Gasteiger partial charge on any atom is 0.274 e. The van der Waals surface area contributed by atoms with Crippen LogP contribution in [0.5, 0.6) is 0 Å². The third kappa shape index (κ3) is 3.12. The number of anilines is 1. The predicted octanol–water partition coefficient (Wildman–Crippen LogP) is 1.63. The summed E-state index contributed by atoms with van der Waals surface area (Å²) in [5.74, 6) is -0.301. The molecule has 0 aliphatic heterocycles. The lowest BCUT2D eigenvalue weighted by Crippen LogP contribution is -2.26. The third-order valence-corrected chi connectivity index (χ3v) is 3.54. The van der Waals surface area contributed by atoms with Gasteiger partial charge in [0, 0.05) is 6.54 Å². The van der Waals surface area contributed by atoms with Gasteiger partial charge in [-0.25, -0.2) is 9.97 Å². The summed E-state index contributed by atoms with van der Waals surface area (Å²) in [4.78, 5) is 20.8. The van der Waals surface area contributed by atoms with Gasteiger partial charge in [-0.1, -0.05) is 36.4 Å². The number of nitrogens with zero attached hydrogens (tertiary/aromatic N) is 2. The zero-order valence-corrected chi connectivity index (χ0v) is 12.4. The van der Waals surface area contributed by atoms with Crippen LogP contribution in [0.1, 0.15) is 21.6 Å². The highest BCUT2D eigenvalue weighted by Crippen LogP contribution is 2.14. The molecule has 1 aromatic heterocycles. The van der Waals surface area contributed by atoms with Crippen LogP contribution >= 0.6 is 0 Å². The third-order valence-electron chi connectivity index (χ3n) is 3.54. The van der Waals surface area contributed by atoms with E-state index in [0.29, 0.717) is 11.0 Å². The van der Waals surface area contributed by atoms with Gasteiger partial charge in [-0.15, -0.1) is 0 Å². The number of nitrogens with two attached hydrogens (primary N) is 1. The molecule has 4 N–H and O–H groups in total. The highest BCUT2D eigenvalue weighted by Gasteiger charge is 2.14. The molecule has 0 fully saturated rings. The Bertz CT molecular complexity index is 864. The average molecular weight is 308 g/mol. The molecule has 0 saturated carbocycles. The van der Waals surface area contributed by atoms with Crippen molar-refractivity contribution in [3.8, 4) is 0 Å². The van der Waals surface area contributed by atoms with Gasteiger partial charge >= 0.3 is 0 Å². The number of carbonyl (C=O) groups is 1. The van der Waals surface area contributed by atoms with Crippen LogP contribution in [0, 0.1) is 0 Å². The first-order chi connectivity index (χ1) is 11.2. The Labute approximate surface area is 133 Å². The summed E-state index contributed by atoms with van der Waals surface area (Å²) in [6.07, 6.45) is 0. The number of fused-ring (bicyclic) bond motifs is 1. The molecule has 3 rings (SSSR count). The maximum absolute atomic E-state index is 12.3. The van der Waals surface area contributed by atoms with E-state index < -0.39 is 5.91 Å². The quantitative estimate of drug-likeness (QED) is 0.680. The summed E-state index contributed by atoms with van der Waals surface area (Å²) in [5, 5.41) is 12.1. The van der Waals surface area contributed by atoms with Crippen LogP contribution in [0.4, 0.5) is 5.82 Å². The molecule has 0 saturated heterocycles. The van der Waals surface area contributed by atoms with E-state index >= 15 is 0 Å². The second kappa shape index (κ2) is 6.41. The van der Waals surface area contributed by atoms with Crippen molar-refractivity contribution in [2.75, 3.05) is 5.73 Å². The summed E-state index contributed by atoms with van der Waals surface area (Å²) in [6.45, 7) is 0.202. The SMILES string of the molecule is Nc1nc2ccccc2nc1C(=O)NCc1ccccc1CO. The summed E-state index contributed by atoms with van der Waals surface area (Å²) in [6, 6.07) is 14.6. The molecular formula is C17H16N4O2. The lowest BCUT2D eigenvalue weighted by atomic mass is 10.1. The van der Waals surface area contributed by atoms with Crippen LogP contribution in [0.3, 0.4) is 0 Å². The first-order valence-corrected chi connectivity index (χ1v) is 7.17. The van der Waals surface area contributed by atoms with Crippen LogP contribution < -0.4 is 11.1 Å². The highest BCUT2D eigenvalue weighted by atomic mass is 16.3. The topological polar surface area (TPSA) is 101 Å². The molecule has 3 aromatic rings. The van der Waals surface area contributed by atoms with Crippen LogP contribution in [0.15, 0.2) is 48.5 Å². The Morgan fingerprint density at radius 1 is 1.00 bits per heavy atom. The Balaban J connectivity index is 1.82. The number of carbonyl (C=O) groups excluding carboxylic acids is 1. The summed E-state index contributed by atoms with van der Waals surface area (Å²) in [7, 11) is 0. The maximum atomic E-state index is 12.3. The molecule has 0 aliphatic rings. The predicted molar refractivity (Wildman–Crippen MR) is 87.5 cm³/mol. The Kier molecular flexibility index (Phi) is 4.16. The molecule has 0 aliphatic carbocycles. The molecule has 0 atom stereocenters. The minimum absolute atomic E-state index is 0.0794. The van der Waals surface area contributed by atoms with Crippen LogP contribution in [-0.2, 0) is 13.2 Å². The number of amides is 1. The fourth-order valence-electron chi connectivity index (χ4n) is 2.32. The van der Waals surface area contributed by atoms with Crippen molar-refractivity contribution in [3.05, 3.63) is 65.4 Å². The Hall–Kier alpha value is -2.99. The summed E-state index contributed by atoms with van der Waals surface area (Å²) < 4.78 is 0. The summed E-state index contributed by atoms with van der Waals surface area (Å²) >= 11 is 0. The minimum Gasteiger partial charge on any atom is -0.392 e. The second-order valence-electron chi connectivity index (χ2n) is 5.06. The van der Waals surface area contributed by atoms with E-state index in [-0.39, 0.29) is 24.7 Å². The fraction of sp³-hybridized carbons (Fsp3) is 0.118. The van der Waals surface area contributed by atoms with Crippen LogP contribution in [0.2, 0.25) is 0 Å². The van der Waals surface area contributed by atoms with Gasteiger partial charge < -0.3 is 16.2 Å². The van der Waals surface area contributed by atoms with Gasteiger partial charge in [0.2, 0.25) is 0 Å². The highest BCUT2D eigenvalue weighted by molar-refractivity contribution is 5.98. The molecule has 23 heavy (non-hydrogen) atoms. The monoisotopic (exact) mass is 308 g/mol. The van der Waals surface area contributed by atoms with Gasteiger partial charge in [0.05, 0.1) is 17.6 Å². The number of aliphatic hydroxyl groups excluding tert-OH is 1. The number of benzene rings is 2. The second-order valence-corrected chi connectivity index (χ2v) is 5.06. The number of nitrogens with one attached hydrogen (secondary N) is 1. The number of aromatic nitrogens is 2. The van der Waals surface area contributed by atoms with Crippen LogP contribution in [0.25, 0.3) is 11.0 Å². The molecule has 116 valence electrons. The molecule has 0 bridgehead atoms. The van der Waals surface area contributed by atoms with Crippen molar-refractivity contribution < 1.29 is 9.90 Å². The number of rotatable bonds is 4. The lowest BCUT2D eigenvalue weighted by Gasteiger charge is -2.10. The first-order valence-electron chi connectivity index (χ1n) is 7.17. The number of aliphatic hydroxyl groups is 1. The fourth-order valence-corrected chi connectivity index (χ4v) is 2.32. The van der Waals surface area contributed by atoms with Gasteiger partial charge in [0.1, 0.15) is 0 Å². The van der Waals surface area contributed by atoms with E-state index in [1.54, 1.807) is 12.1 Å². The van der Waals surface area contributed by atoms with Gasteiger partial charge in [-0.2, -0.15) is 0 Å². The zero-order chi connectivity index (χ0) is 16.2. The molecule has 1 heterocycles. The molecule has 0 radical (unpaired) electrons. The number of hydrogen-bond acceptors (Lipinski definition) is 5. The molecule has 0 unspecified atom stereocenters. The van der Waals surface area contributed by atoms with E-state index in [9.17, 15) is 9.90 Å². The lowest BCUT2D eigenvalue weighted by molar-refractivity contribution is 0.0946. The number of para-hydroxylation sites is 2. The van der Waals surface area contributed by atoms with Crippen molar-refractivity contribution in [3.63, 3.8) is 0 Å². The van der Waals surface area contributed by atoms with E-state index in [4.69, 9.17) is 5.73 Å². The standard InChI is InChI=1S/C17H16N4O2/c18-16-15(20-13-7-3-4-8-14(13)21-16)17(23)19-9-11-5-1-2-6-12(11)10-22/h1-8,22H,9-10H2,(H2,18,21)(H,19,23). The van der Waals surface area contributed by atoms with E-state index in [2.05, 4.69) is 15.3 Å². The average Bonchev–Trinajstić information content (AvgIpc) is 2.59. The van der Waals surface area contributed by atoms with E-state index in [0.717, 1.165) is 11.1 Å². The molecule has 2 aromatic carbocycles. The van der Waals surface area contributed by atoms with Gasteiger partial charge in [-0.05, 0) is 23.3 Å². The van der Waals surface area contributed by atoms with Crippen molar-refractivity contribution in [1.29, 1.82) is 0 Å². The van der Waals surface area contributed by atoms with E-state index in [1.807, 2.05) is 36.4 Å². The molecular weight excluding hydrogens is 292 g/mol. The van der Waals surface area contributed by atoms with Crippen molar-refractivity contribution in [2.24, 2.45) is 0 Å². The first kappa shape index (κ1) is 14.9. The van der Waals surface area contributed by atoms with Crippen molar-refractivity contribution >= 4 is 22.8 Å². The number of nitrogen functional groups attached to an aromatic ring is 1. The zero-order valence-electron chi connectivity index (χ0n) is 12.4. The minimum atomic E-state index is -0.395. The normalized spacial score (nSPS) is 10.7. The van der Waals surface area contributed by atoms with Gasteiger partial charge in [0.25, 0.3) is 5.91 Å². The molecule has 6 nitrogen and oxygen atoms in total. The Morgan fingerprint density at radius 3 is 2.30 bits per heavy atom. The van der Waals surface area contributed by atoms with Crippen molar-refractivity contribution in [2.45, 2.75) is 13.2 Å². The summed E-state index contributed by atoms with van der Waals surface area (Å²) in [5.41, 5.74) is 8.81. The van der Waals surface area contributed by atoms with Gasteiger partial charge in [-0.3, -0.25) is 4.79 Å². The molecule has 1 amide bonds. The van der Waals surface area contributed by atoms with Crippen molar-refractivity contribution in [1.82, 2.24) is 15.3 Å². The van der Waals surface area contributed by atoms with Gasteiger partial charge in [0.15, 0.2) is 11.5 Å². The largest absolute Gasteiger partial charge is 0.392 e. The Morgan fingerprint density at radius 2 is 1.61 bits per heavy atom. The smallest absolute Gasteiger partial charge is 0.274 e.